The molecule has 1 N–H and O–H groups in total. The van der Waals surface area contributed by atoms with E-state index in [2.05, 4.69) is 60.1 Å². The van der Waals surface area contributed by atoms with Crippen molar-refractivity contribution in [3.63, 3.8) is 0 Å². The number of benzene rings is 1. The summed E-state index contributed by atoms with van der Waals surface area (Å²) in [5.41, 5.74) is 0. The van der Waals surface area contributed by atoms with Crippen LogP contribution in [0.1, 0.15) is 38.5 Å². The predicted molar refractivity (Wildman–Crippen MR) is 89.5 cm³/mol. The number of hydrogen-bond acceptors (Lipinski definition) is 1. The average molecular weight is 283 g/mol. The molecule has 1 unspecified atom stereocenters. The van der Waals surface area contributed by atoms with Crippen molar-refractivity contribution in [1.29, 1.82) is 0 Å². The summed E-state index contributed by atoms with van der Waals surface area (Å²) >= 11 is 0. The Morgan fingerprint density at radius 1 is 1.05 bits per heavy atom. The van der Waals surface area contributed by atoms with Crippen molar-refractivity contribution in [1.82, 2.24) is 4.98 Å². The zero-order valence-electron chi connectivity index (χ0n) is 12.4. The Kier molecular flexibility index (Phi) is 4.23. The maximum atomic E-state index is 4.12. The third-order valence-electron chi connectivity index (χ3n) is 4.86. The second-order valence-corrected chi connectivity index (χ2v) is 10.1. The molecule has 2 aliphatic rings. The van der Waals surface area contributed by atoms with E-state index in [9.17, 15) is 0 Å². The highest BCUT2D eigenvalue weighted by Crippen LogP contribution is 2.25. The number of rotatable bonds is 4. The van der Waals surface area contributed by atoms with Crippen LogP contribution in [0.3, 0.4) is 0 Å². The number of hydrogen-bond donors (Lipinski definition) is 1. The lowest BCUT2D eigenvalue weighted by molar-refractivity contribution is 0.415. The van der Waals surface area contributed by atoms with Crippen LogP contribution >= 0.6 is 0 Å². The molecule has 106 valence electrons. The molecule has 0 aliphatic heterocycles. The molecule has 1 nitrogen and oxygen atoms in total. The van der Waals surface area contributed by atoms with Gasteiger partial charge >= 0.3 is 0 Å². The Labute approximate surface area is 123 Å². The topological polar surface area (TPSA) is 12.0 Å². The Hall–Kier alpha value is -1.12. The zero-order chi connectivity index (χ0) is 13.8. The van der Waals surface area contributed by atoms with Crippen LogP contribution < -0.4 is 10.2 Å². The molecule has 0 amide bonds. The number of allylic oxidation sites excluding steroid dienone is 4. The summed E-state index contributed by atoms with van der Waals surface area (Å²) in [6.45, 7) is 2.50. The van der Waals surface area contributed by atoms with Crippen molar-refractivity contribution < 1.29 is 0 Å². The summed E-state index contributed by atoms with van der Waals surface area (Å²) in [6.07, 6.45) is 14.9. The molecule has 1 atom stereocenters. The smallest absolute Gasteiger partial charge is 0.183 e. The summed E-state index contributed by atoms with van der Waals surface area (Å²) in [5.74, 6) is 0. The monoisotopic (exact) mass is 283 g/mol. The molecule has 0 bridgehead atoms. The molecule has 2 aliphatic carbocycles. The summed E-state index contributed by atoms with van der Waals surface area (Å²) in [5, 5.41) is 3.16. The van der Waals surface area contributed by atoms with Gasteiger partial charge in [0.2, 0.25) is 0 Å². The summed E-state index contributed by atoms with van der Waals surface area (Å²) < 4.78 is 0. The van der Waals surface area contributed by atoms with E-state index in [1.807, 2.05) is 0 Å². The van der Waals surface area contributed by atoms with Gasteiger partial charge in [-0.05, 0) is 31.0 Å². The third-order valence-corrected chi connectivity index (χ3v) is 8.99. The lowest BCUT2D eigenvalue weighted by atomic mass is 9.96. The van der Waals surface area contributed by atoms with Crippen LogP contribution in [0, 0.1) is 0 Å². The lowest BCUT2D eigenvalue weighted by Gasteiger charge is -2.36. The molecule has 20 heavy (non-hydrogen) atoms. The molecule has 3 rings (SSSR count). The molecule has 1 aromatic carbocycles. The van der Waals surface area contributed by atoms with E-state index in [1.165, 1.54) is 37.3 Å². The van der Waals surface area contributed by atoms with E-state index in [4.69, 9.17) is 0 Å². The van der Waals surface area contributed by atoms with Crippen molar-refractivity contribution in [2.75, 3.05) is 0 Å². The second kappa shape index (κ2) is 6.11. The van der Waals surface area contributed by atoms with E-state index < -0.39 is 8.24 Å². The summed E-state index contributed by atoms with van der Waals surface area (Å²) in [6, 6.07) is 11.9. The molecule has 0 saturated heterocycles. The molecular weight excluding hydrogens is 258 g/mol. The van der Waals surface area contributed by atoms with Crippen LogP contribution in [0.5, 0.6) is 0 Å². The van der Waals surface area contributed by atoms with Gasteiger partial charge in [0, 0.05) is 6.04 Å². The van der Waals surface area contributed by atoms with E-state index in [0.717, 1.165) is 12.5 Å². The van der Waals surface area contributed by atoms with E-state index >= 15 is 0 Å². The van der Waals surface area contributed by atoms with Crippen LogP contribution in [-0.2, 0) is 0 Å². The van der Waals surface area contributed by atoms with Gasteiger partial charge in [-0.1, -0.05) is 73.0 Å². The SMILES string of the molecule is C[Si](NC1CCCCC1)(C1=CC=CC1)c1ccccc1. The Morgan fingerprint density at radius 3 is 2.45 bits per heavy atom. The van der Waals surface area contributed by atoms with Crippen molar-refractivity contribution in [3.8, 4) is 0 Å². The Balaban J connectivity index is 1.87. The standard InChI is InChI=1S/C18H25NSi/c1-20(18-14-8-9-15-18,17-12-6-3-7-13-17)19-16-10-4-2-5-11-16/h3,6-9,12-14,16,19H,2,4-5,10-11,15H2,1H3. The lowest BCUT2D eigenvalue weighted by Crippen LogP contribution is -2.62. The van der Waals surface area contributed by atoms with Crippen molar-refractivity contribution in [2.24, 2.45) is 0 Å². The van der Waals surface area contributed by atoms with Crippen LogP contribution in [0.15, 0.2) is 53.8 Å². The maximum absolute atomic E-state index is 4.12. The molecule has 1 aromatic rings. The third kappa shape index (κ3) is 2.81. The van der Waals surface area contributed by atoms with E-state index in [0.29, 0.717) is 0 Å². The van der Waals surface area contributed by atoms with Crippen molar-refractivity contribution in [2.45, 2.75) is 51.1 Å². The first-order valence-electron chi connectivity index (χ1n) is 7.98. The van der Waals surface area contributed by atoms with Crippen LogP contribution in [0.25, 0.3) is 0 Å². The molecule has 0 heterocycles. The van der Waals surface area contributed by atoms with E-state index in [1.54, 1.807) is 5.20 Å². The second-order valence-electron chi connectivity index (χ2n) is 6.29. The normalized spacial score (nSPS) is 22.6. The molecule has 2 heteroatoms. The largest absolute Gasteiger partial charge is 0.328 e. The highest BCUT2D eigenvalue weighted by Gasteiger charge is 2.36. The predicted octanol–water partition coefficient (Wildman–Crippen LogP) is 3.82. The van der Waals surface area contributed by atoms with E-state index in [-0.39, 0.29) is 0 Å². The highest BCUT2D eigenvalue weighted by molar-refractivity contribution is 6.94. The van der Waals surface area contributed by atoms with Crippen molar-refractivity contribution in [3.05, 3.63) is 53.8 Å². The fourth-order valence-electron chi connectivity index (χ4n) is 3.61. The Morgan fingerprint density at radius 2 is 1.80 bits per heavy atom. The van der Waals surface area contributed by atoms with Crippen LogP contribution in [0.4, 0.5) is 0 Å². The average Bonchev–Trinajstić information content (AvgIpc) is 3.04. The molecule has 0 aromatic heterocycles. The first-order chi connectivity index (χ1) is 9.79. The fraction of sp³-hybridized carbons (Fsp3) is 0.444. The highest BCUT2D eigenvalue weighted by atomic mass is 28.3. The minimum absolute atomic E-state index is 0.724. The zero-order valence-corrected chi connectivity index (χ0v) is 13.4. The quantitative estimate of drug-likeness (QED) is 0.828. The van der Waals surface area contributed by atoms with Crippen LogP contribution in [0.2, 0.25) is 6.55 Å². The van der Waals surface area contributed by atoms with Gasteiger partial charge in [0.1, 0.15) is 0 Å². The fourth-order valence-corrected chi connectivity index (χ4v) is 7.25. The van der Waals surface area contributed by atoms with Gasteiger partial charge in [0.15, 0.2) is 8.24 Å². The minimum atomic E-state index is -1.73. The van der Waals surface area contributed by atoms with Gasteiger partial charge in [0.25, 0.3) is 0 Å². The van der Waals surface area contributed by atoms with Gasteiger partial charge in [-0.3, -0.25) is 0 Å². The molecule has 0 spiro atoms. The first-order valence-corrected chi connectivity index (χ1v) is 10.5. The summed E-state index contributed by atoms with van der Waals surface area (Å²) in [4.78, 5) is 4.12. The van der Waals surface area contributed by atoms with Gasteiger partial charge in [-0.15, -0.1) is 0 Å². The molecular formula is C18H25NSi. The Bertz CT molecular complexity index is 499. The molecule has 1 saturated carbocycles. The van der Waals surface area contributed by atoms with Gasteiger partial charge in [-0.25, -0.2) is 0 Å². The molecule has 0 radical (unpaired) electrons. The van der Waals surface area contributed by atoms with Gasteiger partial charge in [0.05, 0.1) is 0 Å². The molecule has 1 fully saturated rings. The minimum Gasteiger partial charge on any atom is -0.328 e. The first kappa shape index (κ1) is 13.8. The van der Waals surface area contributed by atoms with Crippen LogP contribution in [-0.4, -0.2) is 14.3 Å². The van der Waals surface area contributed by atoms with Crippen molar-refractivity contribution >= 4 is 13.4 Å². The summed E-state index contributed by atoms with van der Waals surface area (Å²) in [7, 11) is -1.73. The van der Waals surface area contributed by atoms with Gasteiger partial charge < -0.3 is 4.98 Å². The number of nitrogens with one attached hydrogen (secondary N) is 1. The van der Waals surface area contributed by atoms with Gasteiger partial charge in [-0.2, -0.15) is 0 Å². The maximum Gasteiger partial charge on any atom is 0.183 e.